The number of H-pyrrole nitrogens is 1. The maximum Gasteiger partial charge on any atom is 0.138 e. The standard InChI is InChI=1S/C12H15N5/c13-10-5-11(9-4-2-1-3-8(9)10)14-6-12-15-7-16-17-12/h1-4,7,10-11,14H,5-6,13H2,(H,15,16,17). The Kier molecular flexibility index (Phi) is 2.62. The first-order chi connectivity index (χ1) is 8.34. The average molecular weight is 229 g/mol. The molecule has 2 aromatic rings. The second kappa shape index (κ2) is 4.27. The van der Waals surface area contributed by atoms with Gasteiger partial charge in [-0.15, -0.1) is 0 Å². The number of hydrogen-bond acceptors (Lipinski definition) is 4. The topological polar surface area (TPSA) is 79.6 Å². The molecule has 1 aromatic carbocycles. The molecule has 1 aliphatic carbocycles. The van der Waals surface area contributed by atoms with Crippen LogP contribution in [0.3, 0.4) is 0 Å². The Bertz CT molecular complexity index is 493. The molecule has 5 nitrogen and oxygen atoms in total. The summed E-state index contributed by atoms with van der Waals surface area (Å²) in [6.07, 6.45) is 2.46. The molecule has 0 radical (unpaired) electrons. The van der Waals surface area contributed by atoms with Crippen LogP contribution in [0.5, 0.6) is 0 Å². The van der Waals surface area contributed by atoms with Crippen LogP contribution in [-0.2, 0) is 6.54 Å². The molecule has 4 N–H and O–H groups in total. The van der Waals surface area contributed by atoms with E-state index in [-0.39, 0.29) is 6.04 Å². The Labute approximate surface area is 99.4 Å². The molecule has 0 spiro atoms. The predicted molar refractivity (Wildman–Crippen MR) is 64.0 cm³/mol. The smallest absolute Gasteiger partial charge is 0.138 e. The highest BCUT2D eigenvalue weighted by atomic mass is 15.2. The van der Waals surface area contributed by atoms with Gasteiger partial charge in [0.2, 0.25) is 0 Å². The summed E-state index contributed by atoms with van der Waals surface area (Å²) in [5.74, 6) is 0.850. The van der Waals surface area contributed by atoms with Crippen molar-refractivity contribution in [2.24, 2.45) is 5.73 Å². The lowest BCUT2D eigenvalue weighted by Gasteiger charge is -2.12. The summed E-state index contributed by atoms with van der Waals surface area (Å²) < 4.78 is 0. The van der Waals surface area contributed by atoms with E-state index < -0.39 is 0 Å². The molecule has 5 heteroatoms. The Hall–Kier alpha value is -1.72. The van der Waals surface area contributed by atoms with Crippen molar-refractivity contribution >= 4 is 0 Å². The van der Waals surface area contributed by atoms with Crippen LogP contribution in [0.15, 0.2) is 30.6 Å². The molecule has 0 aliphatic heterocycles. The predicted octanol–water partition coefficient (Wildman–Crippen LogP) is 1.04. The third-order valence-corrected chi connectivity index (χ3v) is 3.24. The molecule has 1 aromatic heterocycles. The van der Waals surface area contributed by atoms with Crippen molar-refractivity contribution in [2.75, 3.05) is 0 Å². The fraction of sp³-hybridized carbons (Fsp3) is 0.333. The third kappa shape index (κ3) is 1.94. The van der Waals surface area contributed by atoms with Crippen LogP contribution in [0, 0.1) is 0 Å². The summed E-state index contributed by atoms with van der Waals surface area (Å²) in [7, 11) is 0. The van der Waals surface area contributed by atoms with Gasteiger partial charge in [-0.2, -0.15) is 5.10 Å². The van der Waals surface area contributed by atoms with Gasteiger partial charge in [0, 0.05) is 12.1 Å². The van der Waals surface area contributed by atoms with Gasteiger partial charge in [0.25, 0.3) is 0 Å². The molecule has 0 amide bonds. The number of aromatic amines is 1. The molecule has 2 unspecified atom stereocenters. The quantitative estimate of drug-likeness (QED) is 0.734. The summed E-state index contributed by atoms with van der Waals surface area (Å²) in [4.78, 5) is 4.09. The normalized spacial score (nSPS) is 22.6. The second-order valence-electron chi connectivity index (χ2n) is 4.34. The number of fused-ring (bicyclic) bond motifs is 1. The van der Waals surface area contributed by atoms with Gasteiger partial charge >= 0.3 is 0 Å². The zero-order chi connectivity index (χ0) is 11.7. The van der Waals surface area contributed by atoms with E-state index in [0.29, 0.717) is 12.6 Å². The minimum Gasteiger partial charge on any atom is -0.324 e. The van der Waals surface area contributed by atoms with Gasteiger partial charge in [0.05, 0.1) is 6.54 Å². The van der Waals surface area contributed by atoms with Crippen LogP contribution in [-0.4, -0.2) is 15.2 Å². The number of benzene rings is 1. The fourth-order valence-corrected chi connectivity index (χ4v) is 2.40. The summed E-state index contributed by atoms with van der Waals surface area (Å²) >= 11 is 0. The third-order valence-electron chi connectivity index (χ3n) is 3.24. The van der Waals surface area contributed by atoms with Gasteiger partial charge in [0.1, 0.15) is 12.2 Å². The molecule has 1 aliphatic rings. The van der Waals surface area contributed by atoms with E-state index >= 15 is 0 Å². The first kappa shape index (κ1) is 10.4. The van der Waals surface area contributed by atoms with E-state index in [1.54, 1.807) is 0 Å². The van der Waals surface area contributed by atoms with Gasteiger partial charge in [0.15, 0.2) is 0 Å². The largest absolute Gasteiger partial charge is 0.324 e. The van der Waals surface area contributed by atoms with Crippen LogP contribution in [0.1, 0.15) is 35.5 Å². The van der Waals surface area contributed by atoms with E-state index in [9.17, 15) is 0 Å². The zero-order valence-electron chi connectivity index (χ0n) is 9.43. The first-order valence-electron chi connectivity index (χ1n) is 5.76. The van der Waals surface area contributed by atoms with Crippen molar-refractivity contribution in [3.8, 4) is 0 Å². The van der Waals surface area contributed by atoms with Gasteiger partial charge in [-0.25, -0.2) is 4.98 Å². The molecule has 1 heterocycles. The Balaban J connectivity index is 1.73. The maximum atomic E-state index is 6.11. The van der Waals surface area contributed by atoms with Crippen molar-refractivity contribution in [3.63, 3.8) is 0 Å². The number of aromatic nitrogens is 3. The van der Waals surface area contributed by atoms with Gasteiger partial charge in [-0.05, 0) is 17.5 Å². The highest BCUT2D eigenvalue weighted by Crippen LogP contribution is 2.36. The Morgan fingerprint density at radius 1 is 1.35 bits per heavy atom. The molecule has 0 fully saturated rings. The summed E-state index contributed by atoms with van der Waals surface area (Å²) in [6, 6.07) is 8.79. The first-order valence-corrected chi connectivity index (χ1v) is 5.76. The van der Waals surface area contributed by atoms with E-state index in [4.69, 9.17) is 5.73 Å². The van der Waals surface area contributed by atoms with Crippen LogP contribution < -0.4 is 11.1 Å². The van der Waals surface area contributed by atoms with Crippen molar-refractivity contribution < 1.29 is 0 Å². The fourth-order valence-electron chi connectivity index (χ4n) is 2.40. The number of rotatable bonds is 3. The number of nitrogens with two attached hydrogens (primary N) is 1. The molecule has 88 valence electrons. The summed E-state index contributed by atoms with van der Waals surface area (Å²) in [6.45, 7) is 0.686. The van der Waals surface area contributed by atoms with Crippen LogP contribution in [0.25, 0.3) is 0 Å². The highest BCUT2D eigenvalue weighted by Gasteiger charge is 2.27. The lowest BCUT2D eigenvalue weighted by molar-refractivity contribution is 0.491. The van der Waals surface area contributed by atoms with E-state index in [2.05, 4.69) is 38.7 Å². The van der Waals surface area contributed by atoms with Gasteiger partial charge in [-0.1, -0.05) is 24.3 Å². The molecule has 0 saturated carbocycles. The Morgan fingerprint density at radius 3 is 2.94 bits per heavy atom. The lowest BCUT2D eigenvalue weighted by atomic mass is 10.1. The SMILES string of the molecule is NC1CC(NCc2ncn[nH]2)c2ccccc21. The van der Waals surface area contributed by atoms with Crippen LogP contribution in [0.4, 0.5) is 0 Å². The molecule has 3 rings (SSSR count). The van der Waals surface area contributed by atoms with Crippen molar-refractivity contribution in [1.29, 1.82) is 0 Å². The monoisotopic (exact) mass is 229 g/mol. The van der Waals surface area contributed by atoms with E-state index in [1.165, 1.54) is 17.5 Å². The summed E-state index contributed by atoms with van der Waals surface area (Å²) in [5.41, 5.74) is 8.67. The minimum atomic E-state index is 0.137. The maximum absolute atomic E-state index is 6.11. The minimum absolute atomic E-state index is 0.137. The van der Waals surface area contributed by atoms with Crippen LogP contribution in [0.2, 0.25) is 0 Å². The summed E-state index contributed by atoms with van der Waals surface area (Å²) in [5, 5.41) is 10.1. The molecule has 0 bridgehead atoms. The van der Waals surface area contributed by atoms with E-state index in [0.717, 1.165) is 12.2 Å². The van der Waals surface area contributed by atoms with Crippen LogP contribution >= 0.6 is 0 Å². The number of nitrogens with one attached hydrogen (secondary N) is 2. The molecular weight excluding hydrogens is 214 g/mol. The molecule has 0 saturated heterocycles. The van der Waals surface area contributed by atoms with Crippen molar-refractivity contribution in [3.05, 3.63) is 47.5 Å². The van der Waals surface area contributed by atoms with Gasteiger partial charge < -0.3 is 11.1 Å². The number of nitrogens with zero attached hydrogens (tertiary/aromatic N) is 2. The average Bonchev–Trinajstić information content (AvgIpc) is 2.96. The Morgan fingerprint density at radius 2 is 2.18 bits per heavy atom. The lowest BCUT2D eigenvalue weighted by Crippen LogP contribution is -2.20. The molecule has 2 atom stereocenters. The van der Waals surface area contributed by atoms with Crippen molar-refractivity contribution in [2.45, 2.75) is 25.0 Å². The second-order valence-corrected chi connectivity index (χ2v) is 4.34. The number of hydrogen-bond donors (Lipinski definition) is 3. The van der Waals surface area contributed by atoms with E-state index in [1.807, 2.05) is 6.07 Å². The highest BCUT2D eigenvalue weighted by molar-refractivity contribution is 5.37. The molecule has 17 heavy (non-hydrogen) atoms. The van der Waals surface area contributed by atoms with Gasteiger partial charge in [-0.3, -0.25) is 5.10 Å². The zero-order valence-corrected chi connectivity index (χ0v) is 9.43. The molecular formula is C12H15N5. The van der Waals surface area contributed by atoms with Crippen molar-refractivity contribution in [1.82, 2.24) is 20.5 Å².